The first kappa shape index (κ1) is 12.4. The van der Waals surface area contributed by atoms with Crippen molar-refractivity contribution in [3.8, 4) is 5.75 Å². The molecule has 0 aliphatic heterocycles. The largest absolute Gasteiger partial charge is 0.508 e. The van der Waals surface area contributed by atoms with Crippen LogP contribution in [-0.4, -0.2) is 19.1 Å². The maximum Gasteiger partial charge on any atom is 0.241 e. The number of nitrogens with one attached hydrogen (secondary N) is 1. The van der Waals surface area contributed by atoms with Crippen molar-refractivity contribution in [2.75, 3.05) is 0 Å². The molecule has 0 spiro atoms. The lowest BCUT2D eigenvalue weighted by atomic mass is 9.76. The van der Waals surface area contributed by atoms with E-state index in [2.05, 4.69) is 4.72 Å². The highest BCUT2D eigenvalue weighted by molar-refractivity contribution is 7.89. The predicted octanol–water partition coefficient (Wildman–Crippen LogP) is 2.00. The van der Waals surface area contributed by atoms with Crippen LogP contribution in [0.2, 0.25) is 0 Å². The van der Waals surface area contributed by atoms with Crippen molar-refractivity contribution in [3.63, 3.8) is 0 Å². The summed E-state index contributed by atoms with van der Waals surface area (Å²) in [6, 6.07) is 5.60. The van der Waals surface area contributed by atoms with Crippen molar-refractivity contribution in [2.24, 2.45) is 0 Å². The van der Waals surface area contributed by atoms with Crippen LogP contribution in [0.15, 0.2) is 29.2 Å². The highest BCUT2D eigenvalue weighted by Gasteiger charge is 2.38. The van der Waals surface area contributed by atoms with Crippen LogP contribution in [-0.2, 0) is 10.0 Å². The van der Waals surface area contributed by atoms with Crippen molar-refractivity contribution < 1.29 is 13.5 Å². The van der Waals surface area contributed by atoms with Gasteiger partial charge in [-0.15, -0.1) is 0 Å². The SMILES string of the molecule is CCC1(NS(=O)(=O)c2ccc(O)cc2)CCC1. The highest BCUT2D eigenvalue weighted by Crippen LogP contribution is 2.36. The number of rotatable bonds is 4. The predicted molar refractivity (Wildman–Crippen MR) is 65.3 cm³/mol. The Morgan fingerprint density at radius 2 is 1.88 bits per heavy atom. The molecule has 17 heavy (non-hydrogen) atoms. The maximum absolute atomic E-state index is 12.1. The molecule has 0 atom stereocenters. The molecule has 5 heteroatoms. The van der Waals surface area contributed by atoms with E-state index in [0.29, 0.717) is 0 Å². The van der Waals surface area contributed by atoms with Crippen molar-refractivity contribution >= 4 is 10.0 Å². The molecule has 1 aliphatic carbocycles. The Morgan fingerprint density at radius 3 is 2.29 bits per heavy atom. The monoisotopic (exact) mass is 255 g/mol. The summed E-state index contributed by atoms with van der Waals surface area (Å²) in [6.07, 6.45) is 3.69. The van der Waals surface area contributed by atoms with Gasteiger partial charge in [0.2, 0.25) is 10.0 Å². The smallest absolute Gasteiger partial charge is 0.241 e. The van der Waals surface area contributed by atoms with Crippen LogP contribution in [0, 0.1) is 0 Å². The zero-order valence-corrected chi connectivity index (χ0v) is 10.6. The van der Waals surface area contributed by atoms with E-state index in [0.717, 1.165) is 25.7 Å². The fourth-order valence-corrected chi connectivity index (χ4v) is 3.63. The summed E-state index contributed by atoms with van der Waals surface area (Å²) in [5, 5.41) is 9.14. The van der Waals surface area contributed by atoms with Gasteiger partial charge in [0, 0.05) is 5.54 Å². The van der Waals surface area contributed by atoms with Crippen LogP contribution < -0.4 is 4.72 Å². The van der Waals surface area contributed by atoms with Crippen molar-refractivity contribution in [1.82, 2.24) is 4.72 Å². The summed E-state index contributed by atoms with van der Waals surface area (Å²) in [5.41, 5.74) is -0.253. The molecule has 1 fully saturated rings. The third-order valence-electron chi connectivity index (χ3n) is 3.49. The third kappa shape index (κ3) is 2.45. The number of phenols is 1. The summed E-state index contributed by atoms with van der Waals surface area (Å²) in [4.78, 5) is 0.204. The van der Waals surface area contributed by atoms with E-state index >= 15 is 0 Å². The molecule has 1 aliphatic rings. The first-order valence-electron chi connectivity index (χ1n) is 5.80. The van der Waals surface area contributed by atoms with Gasteiger partial charge in [0.05, 0.1) is 4.90 Å². The molecule has 2 N–H and O–H groups in total. The molecular weight excluding hydrogens is 238 g/mol. The summed E-state index contributed by atoms with van der Waals surface area (Å²) in [7, 11) is -3.47. The number of hydrogen-bond acceptors (Lipinski definition) is 3. The van der Waals surface area contributed by atoms with Gasteiger partial charge in [-0.1, -0.05) is 6.92 Å². The molecule has 1 saturated carbocycles. The van der Waals surface area contributed by atoms with Crippen LogP contribution in [0.3, 0.4) is 0 Å². The van der Waals surface area contributed by atoms with Crippen LogP contribution >= 0.6 is 0 Å². The van der Waals surface area contributed by atoms with Gasteiger partial charge < -0.3 is 5.11 Å². The van der Waals surface area contributed by atoms with Crippen molar-refractivity contribution in [3.05, 3.63) is 24.3 Å². The molecule has 0 heterocycles. The van der Waals surface area contributed by atoms with Gasteiger partial charge in [-0.25, -0.2) is 13.1 Å². The summed E-state index contributed by atoms with van der Waals surface area (Å²) < 4.78 is 27.0. The summed E-state index contributed by atoms with van der Waals surface area (Å²) in [6.45, 7) is 2.00. The quantitative estimate of drug-likeness (QED) is 0.864. The average Bonchev–Trinajstić information content (AvgIpc) is 2.24. The highest BCUT2D eigenvalue weighted by atomic mass is 32.2. The van der Waals surface area contributed by atoms with Gasteiger partial charge in [0.25, 0.3) is 0 Å². The molecule has 0 aromatic heterocycles. The van der Waals surface area contributed by atoms with E-state index < -0.39 is 10.0 Å². The zero-order chi connectivity index (χ0) is 12.5. The van der Waals surface area contributed by atoms with Gasteiger partial charge in [-0.3, -0.25) is 0 Å². The Hall–Kier alpha value is -1.07. The normalized spacial score (nSPS) is 18.6. The molecule has 2 rings (SSSR count). The Balaban J connectivity index is 2.22. The number of aromatic hydroxyl groups is 1. The van der Waals surface area contributed by atoms with Crippen LogP contribution in [0.5, 0.6) is 5.75 Å². The van der Waals surface area contributed by atoms with Gasteiger partial charge in [0.15, 0.2) is 0 Å². The lowest BCUT2D eigenvalue weighted by Crippen LogP contribution is -2.52. The minimum Gasteiger partial charge on any atom is -0.508 e. The molecule has 0 bridgehead atoms. The second kappa shape index (κ2) is 4.31. The number of benzene rings is 1. The van der Waals surface area contributed by atoms with Gasteiger partial charge in [0.1, 0.15) is 5.75 Å². The molecular formula is C12H17NO3S. The van der Waals surface area contributed by atoms with E-state index in [-0.39, 0.29) is 16.2 Å². The van der Waals surface area contributed by atoms with Gasteiger partial charge in [-0.05, 0) is 49.9 Å². The fourth-order valence-electron chi connectivity index (χ4n) is 2.10. The topological polar surface area (TPSA) is 66.4 Å². The number of phenolic OH excluding ortho intramolecular Hbond substituents is 1. The summed E-state index contributed by atoms with van der Waals surface area (Å²) in [5.74, 6) is 0.0674. The second-order valence-electron chi connectivity index (χ2n) is 4.59. The first-order chi connectivity index (χ1) is 7.97. The fraction of sp³-hybridized carbons (Fsp3) is 0.500. The molecule has 0 unspecified atom stereocenters. The third-order valence-corrected chi connectivity index (χ3v) is 5.08. The second-order valence-corrected chi connectivity index (χ2v) is 6.27. The Labute approximate surface area is 102 Å². The number of sulfonamides is 1. The van der Waals surface area contributed by atoms with Crippen LogP contribution in [0.1, 0.15) is 32.6 Å². The van der Waals surface area contributed by atoms with Crippen LogP contribution in [0.25, 0.3) is 0 Å². The first-order valence-corrected chi connectivity index (χ1v) is 7.29. The molecule has 0 radical (unpaired) electrons. The number of hydrogen-bond donors (Lipinski definition) is 2. The van der Waals surface area contributed by atoms with Crippen molar-refractivity contribution in [1.29, 1.82) is 0 Å². The zero-order valence-electron chi connectivity index (χ0n) is 9.81. The van der Waals surface area contributed by atoms with Gasteiger partial charge >= 0.3 is 0 Å². The van der Waals surface area contributed by atoms with Crippen LogP contribution in [0.4, 0.5) is 0 Å². The maximum atomic E-state index is 12.1. The Bertz CT molecular complexity index is 483. The van der Waals surface area contributed by atoms with Gasteiger partial charge in [-0.2, -0.15) is 0 Å². The van der Waals surface area contributed by atoms with E-state index in [1.807, 2.05) is 6.92 Å². The molecule has 0 saturated heterocycles. The minimum absolute atomic E-state index is 0.0674. The molecule has 1 aromatic rings. The van der Waals surface area contributed by atoms with Crippen molar-refractivity contribution in [2.45, 2.75) is 43.0 Å². The molecule has 94 valence electrons. The van der Waals surface area contributed by atoms with E-state index in [4.69, 9.17) is 5.11 Å². The lowest BCUT2D eigenvalue weighted by molar-refractivity contribution is 0.214. The summed E-state index contributed by atoms with van der Waals surface area (Å²) >= 11 is 0. The molecule has 0 amide bonds. The average molecular weight is 255 g/mol. The lowest BCUT2D eigenvalue weighted by Gasteiger charge is -2.41. The van der Waals surface area contributed by atoms with E-state index in [1.165, 1.54) is 24.3 Å². The molecule has 4 nitrogen and oxygen atoms in total. The van der Waals surface area contributed by atoms with E-state index in [1.54, 1.807) is 0 Å². The van der Waals surface area contributed by atoms with E-state index in [9.17, 15) is 8.42 Å². The molecule has 1 aromatic carbocycles. The Kier molecular flexibility index (Phi) is 3.14. The minimum atomic E-state index is -3.47. The Morgan fingerprint density at radius 1 is 1.29 bits per heavy atom. The standard InChI is InChI=1S/C12H17NO3S/c1-2-12(8-3-9-12)13-17(15,16)11-6-4-10(14)5-7-11/h4-7,13-14H,2-3,8-9H2,1H3.